The van der Waals surface area contributed by atoms with Crippen LogP contribution >= 0.6 is 0 Å². The summed E-state index contributed by atoms with van der Waals surface area (Å²) in [5, 5.41) is 0. The summed E-state index contributed by atoms with van der Waals surface area (Å²) in [5.74, 6) is 0.951. The fourth-order valence-electron chi connectivity index (χ4n) is 2.90. The fourth-order valence-corrected chi connectivity index (χ4v) is 2.90. The second kappa shape index (κ2) is 6.10. The van der Waals surface area contributed by atoms with Crippen molar-refractivity contribution in [3.05, 3.63) is 65.2 Å². The minimum atomic E-state index is 0.195. The highest BCUT2D eigenvalue weighted by molar-refractivity contribution is 5.33. The van der Waals surface area contributed by atoms with Gasteiger partial charge in [0, 0.05) is 0 Å². The molecule has 2 aromatic rings. The molecule has 0 saturated carbocycles. The minimum absolute atomic E-state index is 0.195. The Labute approximate surface area is 120 Å². The maximum absolute atomic E-state index is 6.18. The van der Waals surface area contributed by atoms with Gasteiger partial charge in [-0.15, -0.1) is 0 Å². The van der Waals surface area contributed by atoms with Crippen LogP contribution in [-0.2, 0) is 12.8 Å². The zero-order valence-corrected chi connectivity index (χ0v) is 11.7. The molecule has 0 spiro atoms. The Kier molecular flexibility index (Phi) is 4.03. The Morgan fingerprint density at radius 2 is 1.85 bits per heavy atom. The molecule has 104 valence electrons. The van der Waals surface area contributed by atoms with Crippen LogP contribution in [0.2, 0.25) is 0 Å². The second-order valence-electron chi connectivity index (χ2n) is 5.38. The Morgan fingerprint density at radius 1 is 1.05 bits per heavy atom. The number of rotatable bonds is 4. The van der Waals surface area contributed by atoms with E-state index < -0.39 is 0 Å². The standard InChI is InChI=1S/C18H21NO/c19-13-12-14-8-10-16(11-9-14)20-18-7-3-5-15-4-1-2-6-17(15)18/h1-2,4,6,8-11,18H,3,5,7,12-13,19H2. The van der Waals surface area contributed by atoms with Crippen LogP contribution in [0, 0.1) is 0 Å². The number of fused-ring (bicyclic) bond motifs is 1. The van der Waals surface area contributed by atoms with Crippen LogP contribution in [0.1, 0.15) is 35.6 Å². The Balaban J connectivity index is 1.75. The largest absolute Gasteiger partial charge is 0.486 e. The molecule has 2 N–H and O–H groups in total. The summed E-state index contributed by atoms with van der Waals surface area (Å²) in [6.07, 6.45) is 4.59. The van der Waals surface area contributed by atoms with E-state index in [4.69, 9.17) is 10.5 Å². The van der Waals surface area contributed by atoms with Gasteiger partial charge >= 0.3 is 0 Å². The first-order valence-corrected chi connectivity index (χ1v) is 7.40. The van der Waals surface area contributed by atoms with Crippen molar-refractivity contribution in [3.8, 4) is 5.75 Å². The van der Waals surface area contributed by atoms with Gasteiger partial charge in [0.2, 0.25) is 0 Å². The quantitative estimate of drug-likeness (QED) is 0.917. The van der Waals surface area contributed by atoms with Crippen LogP contribution in [0.25, 0.3) is 0 Å². The summed E-state index contributed by atoms with van der Waals surface area (Å²) in [6, 6.07) is 17.0. The molecule has 1 unspecified atom stereocenters. The van der Waals surface area contributed by atoms with Gasteiger partial charge in [0.1, 0.15) is 11.9 Å². The number of aryl methyl sites for hydroxylation is 1. The van der Waals surface area contributed by atoms with Crippen molar-refractivity contribution in [2.75, 3.05) is 6.54 Å². The predicted molar refractivity (Wildman–Crippen MR) is 81.9 cm³/mol. The average Bonchev–Trinajstić information content (AvgIpc) is 2.50. The number of ether oxygens (including phenoxy) is 1. The molecule has 0 aliphatic heterocycles. The van der Waals surface area contributed by atoms with Crippen molar-refractivity contribution in [2.45, 2.75) is 31.8 Å². The molecule has 0 fully saturated rings. The monoisotopic (exact) mass is 267 g/mol. The summed E-state index contributed by atoms with van der Waals surface area (Å²) in [4.78, 5) is 0. The number of nitrogens with two attached hydrogens (primary N) is 1. The van der Waals surface area contributed by atoms with E-state index in [2.05, 4.69) is 48.5 Å². The molecule has 0 heterocycles. The third-order valence-corrected chi connectivity index (χ3v) is 3.95. The highest BCUT2D eigenvalue weighted by atomic mass is 16.5. The van der Waals surface area contributed by atoms with E-state index in [-0.39, 0.29) is 6.10 Å². The molecule has 1 aliphatic carbocycles. The van der Waals surface area contributed by atoms with E-state index in [0.717, 1.165) is 18.6 Å². The molecule has 0 amide bonds. The average molecular weight is 267 g/mol. The molecule has 1 atom stereocenters. The molecule has 0 radical (unpaired) electrons. The first kappa shape index (κ1) is 13.2. The van der Waals surface area contributed by atoms with Crippen molar-refractivity contribution in [2.24, 2.45) is 5.73 Å². The van der Waals surface area contributed by atoms with Gasteiger partial charge in [-0.05, 0) is 61.1 Å². The number of hydrogen-bond donors (Lipinski definition) is 1. The molecular formula is C18H21NO. The molecule has 20 heavy (non-hydrogen) atoms. The molecule has 3 rings (SSSR count). The summed E-state index contributed by atoms with van der Waals surface area (Å²) in [6.45, 7) is 0.691. The van der Waals surface area contributed by atoms with Gasteiger partial charge in [0.05, 0.1) is 0 Å². The normalized spacial score (nSPS) is 17.6. The van der Waals surface area contributed by atoms with E-state index in [1.54, 1.807) is 0 Å². The van der Waals surface area contributed by atoms with E-state index in [0.29, 0.717) is 6.54 Å². The summed E-state index contributed by atoms with van der Waals surface area (Å²) in [7, 11) is 0. The Hall–Kier alpha value is -1.80. The summed E-state index contributed by atoms with van der Waals surface area (Å²) < 4.78 is 6.18. The van der Waals surface area contributed by atoms with Gasteiger partial charge in [-0.2, -0.15) is 0 Å². The van der Waals surface area contributed by atoms with Crippen LogP contribution < -0.4 is 10.5 Å². The van der Waals surface area contributed by atoms with Crippen molar-refractivity contribution in [1.29, 1.82) is 0 Å². The Bertz CT molecular complexity index is 562. The first-order valence-electron chi connectivity index (χ1n) is 7.40. The topological polar surface area (TPSA) is 35.2 Å². The third-order valence-electron chi connectivity index (χ3n) is 3.95. The summed E-state index contributed by atoms with van der Waals surface area (Å²) >= 11 is 0. The number of hydrogen-bond acceptors (Lipinski definition) is 2. The van der Waals surface area contributed by atoms with Crippen LogP contribution in [0.15, 0.2) is 48.5 Å². The molecule has 2 aromatic carbocycles. The van der Waals surface area contributed by atoms with Gasteiger partial charge in [0.15, 0.2) is 0 Å². The van der Waals surface area contributed by atoms with Gasteiger partial charge < -0.3 is 10.5 Å². The van der Waals surface area contributed by atoms with Gasteiger partial charge in [0.25, 0.3) is 0 Å². The first-order chi connectivity index (χ1) is 9.86. The predicted octanol–water partition coefficient (Wildman–Crippen LogP) is 3.64. The Morgan fingerprint density at radius 3 is 2.65 bits per heavy atom. The van der Waals surface area contributed by atoms with Crippen LogP contribution in [0.4, 0.5) is 0 Å². The maximum Gasteiger partial charge on any atom is 0.124 e. The third kappa shape index (κ3) is 2.86. The van der Waals surface area contributed by atoms with Crippen molar-refractivity contribution in [1.82, 2.24) is 0 Å². The molecule has 2 nitrogen and oxygen atoms in total. The van der Waals surface area contributed by atoms with E-state index in [1.165, 1.54) is 29.5 Å². The molecule has 0 aromatic heterocycles. The van der Waals surface area contributed by atoms with Crippen molar-refractivity contribution < 1.29 is 4.74 Å². The maximum atomic E-state index is 6.18. The van der Waals surface area contributed by atoms with Crippen molar-refractivity contribution in [3.63, 3.8) is 0 Å². The molecule has 0 saturated heterocycles. The molecule has 2 heteroatoms. The zero-order valence-electron chi connectivity index (χ0n) is 11.7. The van der Waals surface area contributed by atoms with Crippen LogP contribution in [0.3, 0.4) is 0 Å². The van der Waals surface area contributed by atoms with Gasteiger partial charge in [-0.25, -0.2) is 0 Å². The lowest BCUT2D eigenvalue weighted by atomic mass is 9.89. The van der Waals surface area contributed by atoms with Crippen LogP contribution in [0.5, 0.6) is 5.75 Å². The fraction of sp³-hybridized carbons (Fsp3) is 0.333. The van der Waals surface area contributed by atoms with Crippen molar-refractivity contribution >= 4 is 0 Å². The van der Waals surface area contributed by atoms with E-state index >= 15 is 0 Å². The lowest BCUT2D eigenvalue weighted by Crippen LogP contribution is -2.15. The lowest BCUT2D eigenvalue weighted by molar-refractivity contribution is 0.183. The smallest absolute Gasteiger partial charge is 0.124 e. The lowest BCUT2D eigenvalue weighted by Gasteiger charge is -2.26. The molecular weight excluding hydrogens is 246 g/mol. The van der Waals surface area contributed by atoms with E-state index in [1.807, 2.05) is 0 Å². The van der Waals surface area contributed by atoms with Gasteiger partial charge in [-0.1, -0.05) is 36.4 Å². The number of benzene rings is 2. The minimum Gasteiger partial charge on any atom is -0.486 e. The highest BCUT2D eigenvalue weighted by Crippen LogP contribution is 2.33. The second-order valence-corrected chi connectivity index (χ2v) is 5.38. The highest BCUT2D eigenvalue weighted by Gasteiger charge is 2.21. The van der Waals surface area contributed by atoms with E-state index in [9.17, 15) is 0 Å². The molecule has 0 bridgehead atoms. The SMILES string of the molecule is NCCc1ccc(OC2CCCc3ccccc32)cc1. The zero-order chi connectivity index (χ0) is 13.8. The summed E-state index contributed by atoms with van der Waals surface area (Å²) in [5.41, 5.74) is 9.62. The molecule has 1 aliphatic rings. The van der Waals surface area contributed by atoms with Crippen LogP contribution in [-0.4, -0.2) is 6.54 Å². The van der Waals surface area contributed by atoms with Gasteiger partial charge in [-0.3, -0.25) is 0 Å².